The molecule has 5 rings (SSSR count). The molecular weight excluding hydrogens is 450 g/mol. The number of phenols is 1. The molecule has 6 nitrogen and oxygen atoms in total. The normalized spacial score (nSPS) is 20.4. The molecule has 3 aromatic rings. The highest BCUT2D eigenvalue weighted by Crippen LogP contribution is 2.40. The molecule has 0 saturated heterocycles. The predicted molar refractivity (Wildman–Crippen MR) is 135 cm³/mol. The fraction of sp³-hybridized carbons (Fsp3) is 0.407. The summed E-state index contributed by atoms with van der Waals surface area (Å²) in [5.74, 6) is 0.724. The van der Waals surface area contributed by atoms with E-state index in [4.69, 9.17) is 17.3 Å². The van der Waals surface area contributed by atoms with E-state index in [1.807, 2.05) is 18.2 Å². The lowest BCUT2D eigenvalue weighted by molar-refractivity contribution is 0.0968. The minimum absolute atomic E-state index is 0.0963. The van der Waals surface area contributed by atoms with Crippen molar-refractivity contribution in [3.63, 3.8) is 0 Å². The Hall–Kier alpha value is -2.67. The van der Waals surface area contributed by atoms with Crippen molar-refractivity contribution in [3.8, 4) is 16.9 Å². The van der Waals surface area contributed by atoms with Crippen LogP contribution in [0.15, 0.2) is 36.5 Å². The van der Waals surface area contributed by atoms with E-state index in [0.717, 1.165) is 72.8 Å². The van der Waals surface area contributed by atoms with Gasteiger partial charge in [0, 0.05) is 29.1 Å². The summed E-state index contributed by atoms with van der Waals surface area (Å²) >= 11 is 6.22. The first-order valence-corrected chi connectivity index (χ1v) is 12.4. The van der Waals surface area contributed by atoms with Crippen molar-refractivity contribution in [2.45, 2.75) is 51.2 Å². The Morgan fingerprint density at radius 3 is 2.53 bits per heavy atom. The first kappa shape index (κ1) is 23.1. The van der Waals surface area contributed by atoms with Crippen molar-refractivity contribution in [1.29, 1.82) is 0 Å². The monoisotopic (exact) mass is 479 g/mol. The van der Waals surface area contributed by atoms with E-state index in [1.54, 1.807) is 18.3 Å². The summed E-state index contributed by atoms with van der Waals surface area (Å²) in [7, 11) is 0. The zero-order valence-electron chi connectivity index (χ0n) is 19.1. The second kappa shape index (κ2) is 9.53. The number of benzene rings is 2. The average Bonchev–Trinajstić information content (AvgIpc) is 3.71. The first-order valence-electron chi connectivity index (χ1n) is 12.0. The molecule has 178 valence electrons. The zero-order chi connectivity index (χ0) is 23.8. The van der Waals surface area contributed by atoms with Gasteiger partial charge >= 0.3 is 0 Å². The third-order valence-corrected chi connectivity index (χ3v) is 7.54. The van der Waals surface area contributed by atoms with E-state index in [9.17, 15) is 15.0 Å². The van der Waals surface area contributed by atoms with Crippen LogP contribution in [-0.4, -0.2) is 33.6 Å². The van der Waals surface area contributed by atoms with E-state index < -0.39 is 0 Å². The van der Waals surface area contributed by atoms with Gasteiger partial charge in [-0.25, -0.2) is 0 Å². The molecule has 34 heavy (non-hydrogen) atoms. The number of carbonyl (C=O) groups excluding carboxylic acids is 1. The van der Waals surface area contributed by atoms with Gasteiger partial charge in [-0.1, -0.05) is 17.7 Å². The molecule has 1 heterocycles. The Morgan fingerprint density at radius 1 is 1.09 bits per heavy atom. The minimum atomic E-state index is -0.313. The molecule has 0 aliphatic heterocycles. The van der Waals surface area contributed by atoms with Crippen LogP contribution in [0.2, 0.25) is 5.02 Å². The third-order valence-electron chi connectivity index (χ3n) is 7.26. The molecule has 2 aliphatic carbocycles. The van der Waals surface area contributed by atoms with Gasteiger partial charge in [0.15, 0.2) is 5.78 Å². The summed E-state index contributed by atoms with van der Waals surface area (Å²) in [4.78, 5) is 17.8. The van der Waals surface area contributed by atoms with Crippen LogP contribution in [0, 0.1) is 11.8 Å². The topological polar surface area (TPSA) is 108 Å². The molecule has 0 unspecified atom stereocenters. The average molecular weight is 480 g/mol. The molecule has 2 fully saturated rings. The van der Waals surface area contributed by atoms with E-state index in [1.165, 1.54) is 0 Å². The first-order chi connectivity index (χ1) is 16.5. The maximum Gasteiger partial charge on any atom is 0.169 e. The molecule has 0 spiro atoms. The summed E-state index contributed by atoms with van der Waals surface area (Å²) in [6, 6.07) is 9.60. The van der Waals surface area contributed by atoms with Gasteiger partial charge in [0.05, 0.1) is 28.4 Å². The molecule has 7 heteroatoms. The zero-order valence-corrected chi connectivity index (χ0v) is 19.8. The van der Waals surface area contributed by atoms with Gasteiger partial charge in [-0.05, 0) is 86.4 Å². The maximum atomic E-state index is 13.2. The fourth-order valence-electron chi connectivity index (χ4n) is 4.97. The largest absolute Gasteiger partial charge is 0.506 e. The number of nitrogens with one attached hydrogen (secondary N) is 1. The van der Waals surface area contributed by atoms with E-state index >= 15 is 0 Å². The highest BCUT2D eigenvalue weighted by molar-refractivity contribution is 6.32. The van der Waals surface area contributed by atoms with Gasteiger partial charge in [0.2, 0.25) is 0 Å². The maximum absolute atomic E-state index is 13.2. The predicted octanol–water partition coefficient (Wildman–Crippen LogP) is 5.28. The summed E-state index contributed by atoms with van der Waals surface area (Å²) in [5, 5.41) is 24.5. The Morgan fingerprint density at radius 2 is 1.85 bits per heavy atom. The fourth-order valence-corrected chi connectivity index (χ4v) is 5.21. The lowest BCUT2D eigenvalue weighted by atomic mass is 9.85. The number of hydrogen-bond donors (Lipinski definition) is 4. The number of fused-ring (bicyclic) bond motifs is 1. The number of anilines is 1. The Balaban J connectivity index is 1.59. The van der Waals surface area contributed by atoms with Crippen LogP contribution >= 0.6 is 11.6 Å². The highest BCUT2D eigenvalue weighted by Gasteiger charge is 2.33. The quantitative estimate of drug-likeness (QED) is 0.343. The van der Waals surface area contributed by atoms with Crippen LogP contribution in [0.25, 0.3) is 22.0 Å². The summed E-state index contributed by atoms with van der Waals surface area (Å²) < 4.78 is 0. The van der Waals surface area contributed by atoms with Gasteiger partial charge in [0.1, 0.15) is 5.75 Å². The number of ketones is 1. The van der Waals surface area contributed by atoms with Crippen molar-refractivity contribution in [1.82, 2.24) is 4.98 Å². The SMILES string of the molecule is NCC1CCC(Nc2c(C(=O)C3CC3)cnc3ccc(-c4cc(Cl)c(O)c(CO)c4)cc23)CC1. The Labute approximate surface area is 204 Å². The smallest absolute Gasteiger partial charge is 0.169 e. The number of aliphatic hydroxyl groups is 1. The van der Waals surface area contributed by atoms with Crippen molar-refractivity contribution >= 4 is 34.0 Å². The Kier molecular flexibility index (Phi) is 6.47. The highest BCUT2D eigenvalue weighted by atomic mass is 35.5. The van der Waals surface area contributed by atoms with E-state index in [0.29, 0.717) is 17.0 Å². The van der Waals surface area contributed by atoms with Gasteiger partial charge in [-0.2, -0.15) is 0 Å². The second-order valence-electron chi connectivity index (χ2n) is 9.64. The second-order valence-corrected chi connectivity index (χ2v) is 10.0. The third kappa shape index (κ3) is 4.50. The number of carbonyl (C=O) groups is 1. The molecule has 0 radical (unpaired) electrons. The van der Waals surface area contributed by atoms with Crippen LogP contribution < -0.4 is 11.1 Å². The van der Waals surface area contributed by atoms with E-state index in [-0.39, 0.29) is 35.1 Å². The number of aromatic nitrogens is 1. The Bertz CT molecular complexity index is 1230. The summed E-state index contributed by atoms with van der Waals surface area (Å²) in [6.07, 6.45) is 7.82. The van der Waals surface area contributed by atoms with Crippen molar-refractivity contribution in [3.05, 3.63) is 52.7 Å². The lowest BCUT2D eigenvalue weighted by Crippen LogP contribution is -2.29. The van der Waals surface area contributed by atoms with Crippen molar-refractivity contribution < 1.29 is 15.0 Å². The standard InChI is InChI=1S/C27H30ClN3O3/c28-23-11-18(9-19(14-32)27(23)34)17-5-8-24-21(10-17)25(22(13-30-24)26(33)16-3-4-16)31-20-6-1-15(12-29)2-7-20/h5,8-11,13,15-16,20,32,34H,1-4,6-7,12,14,29H2,(H,30,31). The molecule has 0 bridgehead atoms. The van der Waals surface area contributed by atoms with Gasteiger partial charge in [-0.3, -0.25) is 9.78 Å². The minimum Gasteiger partial charge on any atom is -0.506 e. The number of rotatable bonds is 7. The lowest BCUT2D eigenvalue weighted by Gasteiger charge is -2.30. The number of hydrogen-bond acceptors (Lipinski definition) is 6. The number of nitrogens with two attached hydrogens (primary N) is 1. The van der Waals surface area contributed by atoms with Crippen molar-refractivity contribution in [2.24, 2.45) is 17.6 Å². The van der Waals surface area contributed by atoms with Gasteiger partial charge < -0.3 is 21.3 Å². The van der Waals surface area contributed by atoms with Crippen LogP contribution in [-0.2, 0) is 6.61 Å². The molecule has 2 aliphatic rings. The molecule has 1 aromatic heterocycles. The number of aromatic hydroxyl groups is 1. The molecule has 0 amide bonds. The van der Waals surface area contributed by atoms with Gasteiger partial charge in [0.25, 0.3) is 0 Å². The molecule has 2 aromatic carbocycles. The number of pyridine rings is 1. The van der Waals surface area contributed by atoms with Crippen LogP contribution in [0.4, 0.5) is 5.69 Å². The van der Waals surface area contributed by atoms with Crippen molar-refractivity contribution in [2.75, 3.05) is 11.9 Å². The van der Waals surface area contributed by atoms with Gasteiger partial charge in [-0.15, -0.1) is 0 Å². The summed E-state index contributed by atoms with van der Waals surface area (Å²) in [5.41, 5.74) is 10.2. The molecule has 0 atom stereocenters. The van der Waals surface area contributed by atoms with Crippen LogP contribution in [0.1, 0.15) is 54.4 Å². The number of aliphatic hydroxyl groups excluding tert-OH is 1. The number of halogens is 1. The molecular formula is C27H30ClN3O3. The number of nitrogens with zero attached hydrogens (tertiary/aromatic N) is 1. The molecule has 5 N–H and O–H groups in total. The summed E-state index contributed by atoms with van der Waals surface area (Å²) in [6.45, 7) is 0.414. The van der Waals surface area contributed by atoms with Crippen LogP contribution in [0.5, 0.6) is 5.75 Å². The van der Waals surface area contributed by atoms with Crippen LogP contribution in [0.3, 0.4) is 0 Å². The van der Waals surface area contributed by atoms with E-state index in [2.05, 4.69) is 10.3 Å². The molecule has 2 saturated carbocycles. The number of Topliss-reactive ketones (excluding diaryl/α,β-unsaturated/α-hetero) is 1.